The van der Waals surface area contributed by atoms with E-state index in [1.807, 2.05) is 6.92 Å². The standard InChI is InChI=1S/C16H23N3O2/c1-11-7-9-19(10-8-11)12(2)16(21)18-14-5-3-13(4-6-14)15(17)20/h3-6,11-12H,7-10H2,1-2H3,(H2,17,20)(H,18,21)/t12-/m1/s1. The lowest BCUT2D eigenvalue weighted by atomic mass is 9.98. The van der Waals surface area contributed by atoms with Crippen LogP contribution in [0.1, 0.15) is 37.0 Å². The second-order valence-electron chi connectivity index (χ2n) is 5.83. The number of hydrogen-bond donors (Lipinski definition) is 2. The van der Waals surface area contributed by atoms with Crippen molar-refractivity contribution in [2.24, 2.45) is 11.7 Å². The molecule has 1 aliphatic rings. The Bertz CT molecular complexity index is 505. The van der Waals surface area contributed by atoms with E-state index in [9.17, 15) is 9.59 Å². The van der Waals surface area contributed by atoms with Gasteiger partial charge in [0.2, 0.25) is 11.8 Å². The van der Waals surface area contributed by atoms with Crippen LogP contribution in [0.2, 0.25) is 0 Å². The number of primary amides is 1. The molecule has 0 aromatic heterocycles. The second kappa shape index (κ2) is 6.72. The fraction of sp³-hybridized carbons (Fsp3) is 0.500. The summed E-state index contributed by atoms with van der Waals surface area (Å²) in [6, 6.07) is 6.48. The summed E-state index contributed by atoms with van der Waals surface area (Å²) in [6.07, 6.45) is 2.29. The Kier molecular flexibility index (Phi) is 4.96. The van der Waals surface area contributed by atoms with Crippen molar-refractivity contribution in [1.29, 1.82) is 0 Å². The molecule has 114 valence electrons. The van der Waals surface area contributed by atoms with Gasteiger partial charge in [-0.15, -0.1) is 0 Å². The molecule has 0 aliphatic carbocycles. The zero-order valence-electron chi connectivity index (χ0n) is 12.6. The van der Waals surface area contributed by atoms with Crippen LogP contribution in [0, 0.1) is 5.92 Å². The quantitative estimate of drug-likeness (QED) is 0.888. The summed E-state index contributed by atoms with van der Waals surface area (Å²) in [5.41, 5.74) is 6.31. The van der Waals surface area contributed by atoms with Gasteiger partial charge in [0.25, 0.3) is 0 Å². The summed E-state index contributed by atoms with van der Waals surface area (Å²) in [5.74, 6) is 0.262. The molecule has 1 heterocycles. The predicted molar refractivity (Wildman–Crippen MR) is 83.0 cm³/mol. The molecular weight excluding hydrogens is 266 g/mol. The first-order chi connectivity index (χ1) is 9.97. The van der Waals surface area contributed by atoms with Crippen molar-refractivity contribution in [2.45, 2.75) is 32.7 Å². The van der Waals surface area contributed by atoms with E-state index in [0.29, 0.717) is 11.3 Å². The smallest absolute Gasteiger partial charge is 0.248 e. The van der Waals surface area contributed by atoms with E-state index >= 15 is 0 Å². The van der Waals surface area contributed by atoms with Gasteiger partial charge in [-0.25, -0.2) is 0 Å². The SMILES string of the molecule is CC1CCN([C@H](C)C(=O)Nc2ccc(C(N)=O)cc2)CC1. The number of rotatable bonds is 4. The summed E-state index contributed by atoms with van der Waals surface area (Å²) in [7, 11) is 0. The Morgan fingerprint density at radius 3 is 2.33 bits per heavy atom. The van der Waals surface area contributed by atoms with Gasteiger partial charge in [0.05, 0.1) is 6.04 Å². The van der Waals surface area contributed by atoms with E-state index in [2.05, 4.69) is 17.1 Å². The average molecular weight is 289 g/mol. The molecule has 1 atom stereocenters. The number of amides is 2. The number of nitrogens with two attached hydrogens (primary N) is 1. The summed E-state index contributed by atoms with van der Waals surface area (Å²) in [5, 5.41) is 2.88. The molecule has 5 heteroatoms. The molecule has 2 rings (SSSR count). The Hall–Kier alpha value is -1.88. The Morgan fingerprint density at radius 1 is 1.24 bits per heavy atom. The van der Waals surface area contributed by atoms with Crippen molar-refractivity contribution >= 4 is 17.5 Å². The Labute approximate surface area is 125 Å². The van der Waals surface area contributed by atoms with Gasteiger partial charge < -0.3 is 11.1 Å². The number of likely N-dealkylation sites (tertiary alicyclic amines) is 1. The van der Waals surface area contributed by atoms with Crippen LogP contribution in [-0.4, -0.2) is 35.8 Å². The van der Waals surface area contributed by atoms with Gasteiger partial charge in [-0.05, 0) is 63.0 Å². The zero-order valence-corrected chi connectivity index (χ0v) is 12.6. The van der Waals surface area contributed by atoms with Crippen LogP contribution in [0.25, 0.3) is 0 Å². The monoisotopic (exact) mass is 289 g/mol. The molecule has 2 amide bonds. The Balaban J connectivity index is 1.92. The average Bonchev–Trinajstić information content (AvgIpc) is 2.47. The number of hydrogen-bond acceptors (Lipinski definition) is 3. The van der Waals surface area contributed by atoms with Crippen molar-refractivity contribution in [3.8, 4) is 0 Å². The highest BCUT2D eigenvalue weighted by atomic mass is 16.2. The van der Waals surface area contributed by atoms with Crippen molar-refractivity contribution in [3.63, 3.8) is 0 Å². The van der Waals surface area contributed by atoms with Gasteiger partial charge >= 0.3 is 0 Å². The molecule has 1 fully saturated rings. The highest BCUT2D eigenvalue weighted by Gasteiger charge is 2.25. The van der Waals surface area contributed by atoms with E-state index in [1.165, 1.54) is 0 Å². The van der Waals surface area contributed by atoms with Crippen LogP contribution in [-0.2, 0) is 4.79 Å². The first-order valence-electron chi connectivity index (χ1n) is 7.42. The van der Waals surface area contributed by atoms with Crippen LogP contribution in [0.15, 0.2) is 24.3 Å². The zero-order chi connectivity index (χ0) is 15.4. The first-order valence-corrected chi connectivity index (χ1v) is 7.42. The molecule has 5 nitrogen and oxygen atoms in total. The number of carbonyl (C=O) groups excluding carboxylic acids is 2. The second-order valence-corrected chi connectivity index (χ2v) is 5.83. The first kappa shape index (κ1) is 15.5. The Morgan fingerprint density at radius 2 is 1.81 bits per heavy atom. The topological polar surface area (TPSA) is 75.4 Å². The molecule has 0 unspecified atom stereocenters. The molecule has 0 radical (unpaired) electrons. The summed E-state index contributed by atoms with van der Waals surface area (Å²) in [6.45, 7) is 6.12. The number of nitrogens with zero attached hydrogens (tertiary/aromatic N) is 1. The van der Waals surface area contributed by atoms with E-state index in [4.69, 9.17) is 5.73 Å². The number of benzene rings is 1. The lowest BCUT2D eigenvalue weighted by Crippen LogP contribution is -2.45. The lowest BCUT2D eigenvalue weighted by Gasteiger charge is -2.34. The molecule has 1 aromatic rings. The van der Waals surface area contributed by atoms with E-state index < -0.39 is 5.91 Å². The molecule has 21 heavy (non-hydrogen) atoms. The summed E-state index contributed by atoms with van der Waals surface area (Å²) < 4.78 is 0. The molecule has 0 saturated carbocycles. The fourth-order valence-electron chi connectivity index (χ4n) is 2.55. The van der Waals surface area contributed by atoms with Gasteiger partial charge in [-0.1, -0.05) is 6.92 Å². The minimum absolute atomic E-state index is 0.0172. The highest BCUT2D eigenvalue weighted by Crippen LogP contribution is 2.19. The highest BCUT2D eigenvalue weighted by molar-refractivity contribution is 5.96. The number of anilines is 1. The van der Waals surface area contributed by atoms with Crippen molar-refractivity contribution in [3.05, 3.63) is 29.8 Å². The molecule has 0 bridgehead atoms. The van der Waals surface area contributed by atoms with Crippen molar-refractivity contribution < 1.29 is 9.59 Å². The normalized spacial score (nSPS) is 18.2. The van der Waals surface area contributed by atoms with Gasteiger partial charge in [-0.3, -0.25) is 14.5 Å². The van der Waals surface area contributed by atoms with Crippen LogP contribution in [0.5, 0.6) is 0 Å². The largest absolute Gasteiger partial charge is 0.366 e. The molecule has 1 aliphatic heterocycles. The van der Waals surface area contributed by atoms with Crippen LogP contribution in [0.4, 0.5) is 5.69 Å². The number of piperidine rings is 1. The van der Waals surface area contributed by atoms with Gasteiger partial charge in [0.1, 0.15) is 0 Å². The fourth-order valence-corrected chi connectivity index (χ4v) is 2.55. The van der Waals surface area contributed by atoms with Crippen LogP contribution in [0.3, 0.4) is 0 Å². The van der Waals surface area contributed by atoms with Gasteiger partial charge in [0, 0.05) is 11.3 Å². The maximum absolute atomic E-state index is 12.3. The lowest BCUT2D eigenvalue weighted by molar-refractivity contribution is -0.121. The molecule has 3 N–H and O–H groups in total. The van der Waals surface area contributed by atoms with Crippen molar-refractivity contribution in [2.75, 3.05) is 18.4 Å². The molecular formula is C16H23N3O2. The van der Waals surface area contributed by atoms with Gasteiger partial charge in [-0.2, -0.15) is 0 Å². The predicted octanol–water partition coefficient (Wildman–Crippen LogP) is 1.84. The van der Waals surface area contributed by atoms with E-state index in [-0.39, 0.29) is 11.9 Å². The van der Waals surface area contributed by atoms with Crippen LogP contribution >= 0.6 is 0 Å². The maximum Gasteiger partial charge on any atom is 0.248 e. The molecule has 0 spiro atoms. The van der Waals surface area contributed by atoms with E-state index in [1.54, 1.807) is 24.3 Å². The van der Waals surface area contributed by atoms with E-state index in [0.717, 1.165) is 31.8 Å². The summed E-state index contributed by atoms with van der Waals surface area (Å²) >= 11 is 0. The third-order valence-electron chi connectivity index (χ3n) is 4.18. The minimum Gasteiger partial charge on any atom is -0.366 e. The third kappa shape index (κ3) is 4.04. The molecule has 1 saturated heterocycles. The third-order valence-corrected chi connectivity index (χ3v) is 4.18. The van der Waals surface area contributed by atoms with Gasteiger partial charge in [0.15, 0.2) is 0 Å². The van der Waals surface area contributed by atoms with Crippen molar-refractivity contribution in [1.82, 2.24) is 4.90 Å². The molecule has 1 aromatic carbocycles. The summed E-state index contributed by atoms with van der Waals surface area (Å²) in [4.78, 5) is 25.5. The maximum atomic E-state index is 12.3. The van der Waals surface area contributed by atoms with Crippen LogP contribution < -0.4 is 11.1 Å². The number of carbonyl (C=O) groups is 2. The number of nitrogens with one attached hydrogen (secondary N) is 1. The minimum atomic E-state index is -0.469.